The Morgan fingerprint density at radius 2 is 2.11 bits per heavy atom. The minimum atomic E-state index is -4.50. The summed E-state index contributed by atoms with van der Waals surface area (Å²) in [7, 11) is 0. The molecule has 0 radical (unpaired) electrons. The van der Waals surface area contributed by atoms with Crippen LogP contribution in [0.4, 0.5) is 23.1 Å². The van der Waals surface area contributed by atoms with Crippen molar-refractivity contribution in [1.82, 2.24) is 14.9 Å². The maximum Gasteiger partial charge on any atom is 0.417 e. The lowest BCUT2D eigenvalue weighted by atomic mass is 10.1. The molecule has 0 saturated carbocycles. The number of hydrogen-bond acceptors (Lipinski definition) is 5. The summed E-state index contributed by atoms with van der Waals surface area (Å²) in [6.45, 7) is 2.03. The van der Waals surface area contributed by atoms with Crippen molar-refractivity contribution in [3.63, 3.8) is 0 Å². The van der Waals surface area contributed by atoms with Crippen LogP contribution in [0.15, 0.2) is 18.5 Å². The minimum absolute atomic E-state index is 0.222. The van der Waals surface area contributed by atoms with Gasteiger partial charge in [-0.25, -0.2) is 9.78 Å². The number of aryl methyl sites for hydroxylation is 1. The number of thiazole rings is 1. The molecule has 0 aromatic carbocycles. The first kappa shape index (κ1) is 19.1. The van der Waals surface area contributed by atoms with E-state index in [0.717, 1.165) is 23.6 Å². The molecule has 2 aromatic rings. The first-order chi connectivity index (χ1) is 12.7. The number of likely N-dealkylation sites (tertiary alicyclic amines) is 1. The van der Waals surface area contributed by atoms with Gasteiger partial charge < -0.3 is 10.6 Å². The first-order valence-electron chi connectivity index (χ1n) is 8.04. The van der Waals surface area contributed by atoms with Gasteiger partial charge >= 0.3 is 12.2 Å². The molecular formula is C16H16F3N5O2S. The number of hydrogen-bond donors (Lipinski definition) is 2. The number of nitrogens with one attached hydrogen (secondary N) is 1. The molecule has 3 N–H and O–H groups in total. The molecule has 1 atom stereocenters. The average Bonchev–Trinajstić information content (AvgIpc) is 3.21. The molecule has 0 spiro atoms. The lowest BCUT2D eigenvalue weighted by Gasteiger charge is -2.21. The van der Waals surface area contributed by atoms with E-state index in [0.29, 0.717) is 30.0 Å². The van der Waals surface area contributed by atoms with E-state index in [1.54, 1.807) is 6.92 Å². The fraction of sp³-hybridized carbons (Fsp3) is 0.375. The highest BCUT2D eigenvalue weighted by Crippen LogP contribution is 2.36. The van der Waals surface area contributed by atoms with Gasteiger partial charge in [-0.05, 0) is 25.8 Å². The van der Waals surface area contributed by atoms with Crippen LogP contribution < -0.4 is 11.1 Å². The number of amides is 3. The van der Waals surface area contributed by atoms with Gasteiger partial charge in [0.25, 0.3) is 0 Å². The van der Waals surface area contributed by atoms with Gasteiger partial charge in [-0.15, -0.1) is 0 Å². The Balaban J connectivity index is 1.81. The van der Waals surface area contributed by atoms with Crippen LogP contribution in [0.25, 0.3) is 10.4 Å². The maximum absolute atomic E-state index is 12.9. The van der Waals surface area contributed by atoms with Crippen LogP contribution in [0.2, 0.25) is 0 Å². The molecule has 3 rings (SSSR count). The van der Waals surface area contributed by atoms with Crippen LogP contribution in [0.1, 0.15) is 24.1 Å². The summed E-state index contributed by atoms with van der Waals surface area (Å²) >= 11 is 1.04. The summed E-state index contributed by atoms with van der Waals surface area (Å²) in [6, 6.07) is -0.195. The van der Waals surface area contributed by atoms with Crippen molar-refractivity contribution in [3.8, 4) is 10.4 Å². The third-order valence-electron chi connectivity index (χ3n) is 4.18. The lowest BCUT2D eigenvalue weighted by Crippen LogP contribution is -2.45. The van der Waals surface area contributed by atoms with Crippen molar-refractivity contribution in [2.24, 2.45) is 5.73 Å². The van der Waals surface area contributed by atoms with Gasteiger partial charge in [0.15, 0.2) is 5.13 Å². The van der Waals surface area contributed by atoms with Gasteiger partial charge in [-0.3, -0.25) is 15.1 Å². The fourth-order valence-electron chi connectivity index (χ4n) is 2.91. The number of alkyl halides is 3. The number of anilines is 1. The highest BCUT2D eigenvalue weighted by Gasteiger charge is 2.33. The van der Waals surface area contributed by atoms with Gasteiger partial charge in [0.2, 0.25) is 5.91 Å². The monoisotopic (exact) mass is 399 g/mol. The quantitative estimate of drug-likeness (QED) is 0.828. The number of rotatable bonds is 3. The second-order valence-electron chi connectivity index (χ2n) is 6.08. The molecule has 0 aliphatic carbocycles. The standard InChI is InChI=1S/C16H16F3N5O2S/c1-8-12(9-5-10(7-21-6-9)16(17,18)19)27-14(22-8)23-15(26)24-4-2-3-11(24)13(20)25/h5-7,11H,2-4H2,1H3,(H2,20,25)(H,22,23,26)/t11-/m0/s1. The Kier molecular flexibility index (Phi) is 5.05. The number of halogens is 3. The normalized spacial score (nSPS) is 17.2. The summed E-state index contributed by atoms with van der Waals surface area (Å²) in [5, 5.41) is 2.81. The van der Waals surface area contributed by atoms with Gasteiger partial charge in [0.1, 0.15) is 6.04 Å². The van der Waals surface area contributed by atoms with Gasteiger partial charge in [0.05, 0.1) is 16.1 Å². The minimum Gasteiger partial charge on any atom is -0.368 e. The van der Waals surface area contributed by atoms with Crippen LogP contribution in [0.5, 0.6) is 0 Å². The van der Waals surface area contributed by atoms with Crippen molar-refractivity contribution < 1.29 is 22.8 Å². The van der Waals surface area contributed by atoms with Crippen molar-refractivity contribution in [2.75, 3.05) is 11.9 Å². The number of pyridine rings is 1. The molecular weight excluding hydrogens is 383 g/mol. The zero-order chi connectivity index (χ0) is 19.8. The van der Waals surface area contributed by atoms with E-state index in [1.807, 2.05) is 0 Å². The lowest BCUT2D eigenvalue weighted by molar-refractivity contribution is -0.137. The summed E-state index contributed by atoms with van der Waals surface area (Å²) < 4.78 is 38.7. The van der Waals surface area contributed by atoms with E-state index >= 15 is 0 Å². The van der Waals surface area contributed by atoms with Gasteiger partial charge in [-0.1, -0.05) is 11.3 Å². The fourth-order valence-corrected chi connectivity index (χ4v) is 3.84. The molecule has 27 heavy (non-hydrogen) atoms. The number of carbonyl (C=O) groups excluding carboxylic acids is 2. The second kappa shape index (κ2) is 7.14. The molecule has 0 unspecified atom stereocenters. The molecule has 144 valence electrons. The third-order valence-corrected chi connectivity index (χ3v) is 5.30. The van der Waals surface area contributed by atoms with E-state index in [-0.39, 0.29) is 10.7 Å². The topological polar surface area (TPSA) is 101 Å². The molecule has 1 saturated heterocycles. The molecule has 2 aromatic heterocycles. The third kappa shape index (κ3) is 4.02. The molecule has 1 aliphatic rings. The van der Waals surface area contributed by atoms with E-state index in [2.05, 4.69) is 15.3 Å². The Morgan fingerprint density at radius 3 is 2.78 bits per heavy atom. The number of primary amides is 1. The SMILES string of the molecule is Cc1nc(NC(=O)N2CCC[C@H]2C(N)=O)sc1-c1cncc(C(F)(F)F)c1. The van der Waals surface area contributed by atoms with Crippen molar-refractivity contribution in [3.05, 3.63) is 29.7 Å². The molecule has 11 heteroatoms. The van der Waals surface area contributed by atoms with Crippen LogP contribution in [0, 0.1) is 6.92 Å². The van der Waals surface area contributed by atoms with E-state index in [9.17, 15) is 22.8 Å². The summed E-state index contributed by atoms with van der Waals surface area (Å²) in [5.74, 6) is -0.575. The highest BCUT2D eigenvalue weighted by atomic mass is 32.1. The predicted molar refractivity (Wildman–Crippen MR) is 93.0 cm³/mol. The largest absolute Gasteiger partial charge is 0.417 e. The molecule has 1 fully saturated rings. The number of urea groups is 1. The van der Waals surface area contributed by atoms with Crippen molar-refractivity contribution in [1.29, 1.82) is 0 Å². The van der Waals surface area contributed by atoms with E-state index in [4.69, 9.17) is 5.73 Å². The maximum atomic E-state index is 12.9. The zero-order valence-electron chi connectivity index (χ0n) is 14.2. The summed E-state index contributed by atoms with van der Waals surface area (Å²) in [4.78, 5) is 33.4. The van der Waals surface area contributed by atoms with E-state index in [1.165, 1.54) is 11.1 Å². The Hall–Kier alpha value is -2.69. The van der Waals surface area contributed by atoms with Crippen molar-refractivity contribution >= 4 is 28.4 Å². The number of nitrogens with two attached hydrogens (primary N) is 1. The molecule has 7 nitrogen and oxygen atoms in total. The number of carbonyl (C=O) groups is 2. The summed E-state index contributed by atoms with van der Waals surface area (Å²) in [5.41, 5.74) is 5.16. The Morgan fingerprint density at radius 1 is 1.37 bits per heavy atom. The van der Waals surface area contributed by atoms with Gasteiger partial charge in [0, 0.05) is 24.5 Å². The Labute approximate surface area is 156 Å². The van der Waals surface area contributed by atoms with Crippen LogP contribution in [-0.2, 0) is 11.0 Å². The number of aromatic nitrogens is 2. The number of nitrogens with zero attached hydrogens (tertiary/aromatic N) is 3. The average molecular weight is 399 g/mol. The smallest absolute Gasteiger partial charge is 0.368 e. The molecule has 1 aliphatic heterocycles. The van der Waals surface area contributed by atoms with Gasteiger partial charge in [-0.2, -0.15) is 13.2 Å². The molecule has 3 amide bonds. The zero-order valence-corrected chi connectivity index (χ0v) is 15.0. The molecule has 0 bridgehead atoms. The second-order valence-corrected chi connectivity index (χ2v) is 7.08. The highest BCUT2D eigenvalue weighted by molar-refractivity contribution is 7.19. The first-order valence-corrected chi connectivity index (χ1v) is 8.85. The van der Waals surface area contributed by atoms with Crippen LogP contribution in [-0.4, -0.2) is 39.4 Å². The Bertz CT molecular complexity index is 883. The molecule has 3 heterocycles. The summed E-state index contributed by atoms with van der Waals surface area (Å²) in [6.07, 6.45) is -1.27. The van der Waals surface area contributed by atoms with E-state index < -0.39 is 29.7 Å². The predicted octanol–water partition coefficient (Wildman–Crippen LogP) is 3.01. The van der Waals surface area contributed by atoms with Crippen LogP contribution >= 0.6 is 11.3 Å². The van der Waals surface area contributed by atoms with Crippen molar-refractivity contribution in [2.45, 2.75) is 32.0 Å². The van der Waals surface area contributed by atoms with Crippen LogP contribution in [0.3, 0.4) is 0 Å².